The average Bonchev–Trinajstić information content (AvgIpc) is 3.00. The Balaban J connectivity index is 0.00000144. The first-order chi connectivity index (χ1) is 10.3. The average molecular weight is 375 g/mol. The van der Waals surface area contributed by atoms with Crippen LogP contribution in [0.25, 0.3) is 11.2 Å². The van der Waals surface area contributed by atoms with Gasteiger partial charge in [0.1, 0.15) is 24.2 Å². The second-order valence-electron chi connectivity index (χ2n) is 4.76. The van der Waals surface area contributed by atoms with E-state index in [4.69, 9.17) is 10.5 Å². The summed E-state index contributed by atoms with van der Waals surface area (Å²) in [4.78, 5) is 32.9. The smallest absolute Gasteiger partial charge is 0.790 e. The van der Waals surface area contributed by atoms with Crippen LogP contribution in [-0.2, 0) is 13.8 Å². The van der Waals surface area contributed by atoms with Gasteiger partial charge >= 0.3 is 59.1 Å². The minimum absolute atomic E-state index is 0. The molecule has 2 aromatic heterocycles. The molecule has 3 rings (SSSR count). The summed E-state index contributed by atoms with van der Waals surface area (Å²) in [5.41, 5.74) is 6.49. The van der Waals surface area contributed by atoms with Gasteiger partial charge in [0.15, 0.2) is 11.5 Å². The first-order valence-corrected chi connectivity index (χ1v) is 7.74. The molecule has 3 atom stereocenters. The molecule has 0 amide bonds. The number of nitrogens with two attached hydrogens (primary N) is 1. The van der Waals surface area contributed by atoms with E-state index in [9.17, 15) is 19.5 Å². The zero-order valence-corrected chi connectivity index (χ0v) is 18.0. The minimum atomic E-state index is -5.12. The van der Waals surface area contributed by atoms with Gasteiger partial charge in [0.2, 0.25) is 0 Å². The molecule has 24 heavy (non-hydrogen) atoms. The Labute approximate surface area is 180 Å². The topological polar surface area (TPSA) is 172 Å². The Hall–Kier alpha value is 0.380. The van der Waals surface area contributed by atoms with E-state index in [2.05, 4.69) is 19.5 Å². The molecular weight excluding hydrogens is 363 g/mol. The van der Waals surface area contributed by atoms with Gasteiger partial charge in [-0.05, 0) is 0 Å². The molecule has 0 unspecified atom stereocenters. The first kappa shape index (κ1) is 22.4. The summed E-state index contributed by atoms with van der Waals surface area (Å²) in [7, 11) is -5.12. The standard InChI is InChI=1S/C10H14N5O6P.2Na/c11-9-8-10(13-3-12-9)15(4-14-8)7-1-5(16)6(21-7)2-20-22(17,18)19;;/h3-7,16H,1-2H2,(H2,11,12,13)(H2,17,18,19);;/q;2*+1/p-2/t5-,6+,7+;;/m1../s1. The fraction of sp³-hybridized carbons (Fsp3) is 0.500. The van der Waals surface area contributed by atoms with Crippen molar-refractivity contribution in [2.24, 2.45) is 0 Å². The number of imidazole rings is 1. The van der Waals surface area contributed by atoms with Gasteiger partial charge in [-0.2, -0.15) is 0 Å². The van der Waals surface area contributed by atoms with E-state index in [0.717, 1.165) is 0 Å². The van der Waals surface area contributed by atoms with Crippen LogP contribution in [0, 0.1) is 0 Å². The molecule has 0 aliphatic carbocycles. The fourth-order valence-corrected chi connectivity index (χ4v) is 2.61. The molecule has 1 saturated heterocycles. The molecule has 3 heterocycles. The molecule has 0 radical (unpaired) electrons. The third-order valence-corrected chi connectivity index (χ3v) is 3.76. The summed E-state index contributed by atoms with van der Waals surface area (Å²) in [6.07, 6.45) is 0.285. The summed E-state index contributed by atoms with van der Waals surface area (Å²) < 4.78 is 21.7. The fourth-order valence-electron chi connectivity index (χ4n) is 2.28. The molecule has 0 bridgehead atoms. The number of aliphatic hydroxyl groups is 1. The van der Waals surface area contributed by atoms with E-state index < -0.39 is 32.9 Å². The Morgan fingerprint density at radius 1 is 1.42 bits per heavy atom. The molecule has 0 spiro atoms. The normalized spacial score (nSPS) is 23.7. The van der Waals surface area contributed by atoms with E-state index in [0.29, 0.717) is 11.2 Å². The third-order valence-electron chi connectivity index (χ3n) is 3.30. The predicted octanol–water partition coefficient (Wildman–Crippen LogP) is -8.09. The van der Waals surface area contributed by atoms with Gasteiger partial charge in [-0.1, -0.05) is 0 Å². The van der Waals surface area contributed by atoms with Crippen molar-refractivity contribution in [3.8, 4) is 0 Å². The van der Waals surface area contributed by atoms with Crippen LogP contribution in [0.1, 0.15) is 12.6 Å². The largest absolute Gasteiger partial charge is 1.00 e. The van der Waals surface area contributed by atoms with Gasteiger partial charge < -0.3 is 34.5 Å². The van der Waals surface area contributed by atoms with Gasteiger partial charge in [-0.25, -0.2) is 15.0 Å². The second kappa shape index (κ2) is 8.85. The number of hydrogen-bond donors (Lipinski definition) is 2. The summed E-state index contributed by atoms with van der Waals surface area (Å²) in [6.45, 7) is -0.550. The molecule has 1 aliphatic rings. The van der Waals surface area contributed by atoms with Gasteiger partial charge in [-0.15, -0.1) is 0 Å². The summed E-state index contributed by atoms with van der Waals surface area (Å²) >= 11 is 0. The van der Waals surface area contributed by atoms with E-state index >= 15 is 0 Å². The summed E-state index contributed by atoms with van der Waals surface area (Å²) in [5.74, 6) is 0.209. The zero-order chi connectivity index (χ0) is 15.9. The quantitative estimate of drug-likeness (QED) is 0.386. The molecule has 3 N–H and O–H groups in total. The van der Waals surface area contributed by atoms with Crippen LogP contribution in [0.2, 0.25) is 0 Å². The van der Waals surface area contributed by atoms with Crippen molar-refractivity contribution in [2.45, 2.75) is 24.9 Å². The molecule has 0 aromatic carbocycles. The van der Waals surface area contributed by atoms with E-state index in [1.54, 1.807) is 4.57 Å². The van der Waals surface area contributed by atoms with E-state index in [1.807, 2.05) is 0 Å². The first-order valence-electron chi connectivity index (χ1n) is 6.28. The van der Waals surface area contributed by atoms with Gasteiger partial charge in [0, 0.05) is 6.42 Å². The molecule has 11 nitrogen and oxygen atoms in total. The van der Waals surface area contributed by atoms with Crippen LogP contribution in [0.15, 0.2) is 12.7 Å². The SMILES string of the molecule is Nc1ncnc2c1ncn2[C@@H]1C[C@@H](O)[C@H](COP(=O)([O-])[O-])O1.[Na+].[Na+]. The molecular formula is C10H12N5Na2O6P. The maximum absolute atomic E-state index is 10.5. The Morgan fingerprint density at radius 3 is 2.79 bits per heavy atom. The van der Waals surface area contributed by atoms with Crippen LogP contribution in [0.4, 0.5) is 5.82 Å². The van der Waals surface area contributed by atoms with Crippen LogP contribution in [-0.4, -0.2) is 43.4 Å². The van der Waals surface area contributed by atoms with Crippen molar-refractivity contribution < 1.29 is 87.8 Å². The zero-order valence-electron chi connectivity index (χ0n) is 13.1. The van der Waals surface area contributed by atoms with E-state index in [1.165, 1.54) is 12.7 Å². The van der Waals surface area contributed by atoms with Crippen molar-refractivity contribution in [3.05, 3.63) is 12.7 Å². The molecule has 14 heteroatoms. The maximum Gasteiger partial charge on any atom is 1.00 e. The Kier molecular flexibility index (Phi) is 8.27. The summed E-state index contributed by atoms with van der Waals surface area (Å²) in [6, 6.07) is 0. The number of aromatic nitrogens is 4. The number of phosphoric ester groups is 1. The monoisotopic (exact) mass is 375 g/mol. The maximum atomic E-state index is 10.5. The summed E-state index contributed by atoms with van der Waals surface area (Å²) in [5, 5.41) is 9.89. The number of aliphatic hydroxyl groups excluding tert-OH is 1. The third kappa shape index (κ3) is 4.97. The molecule has 0 saturated carbocycles. The van der Waals surface area contributed by atoms with Crippen LogP contribution >= 0.6 is 7.82 Å². The Bertz CT molecular complexity index is 742. The minimum Gasteiger partial charge on any atom is -0.790 e. The molecule has 120 valence electrons. The van der Waals surface area contributed by atoms with Crippen molar-refractivity contribution in [3.63, 3.8) is 0 Å². The number of phosphoric acid groups is 1. The predicted molar refractivity (Wildman–Crippen MR) is 67.8 cm³/mol. The van der Waals surface area contributed by atoms with Crippen LogP contribution in [0.5, 0.6) is 0 Å². The number of hydrogen-bond acceptors (Lipinski definition) is 10. The van der Waals surface area contributed by atoms with E-state index in [-0.39, 0.29) is 71.4 Å². The van der Waals surface area contributed by atoms with Crippen molar-refractivity contribution in [2.75, 3.05) is 12.3 Å². The number of ether oxygens (including phenoxy) is 1. The molecule has 1 aliphatic heterocycles. The van der Waals surface area contributed by atoms with Crippen molar-refractivity contribution in [1.82, 2.24) is 19.5 Å². The molecule has 1 fully saturated rings. The second-order valence-corrected chi connectivity index (χ2v) is 5.91. The van der Waals surface area contributed by atoms with Crippen molar-refractivity contribution in [1.29, 1.82) is 0 Å². The van der Waals surface area contributed by atoms with Gasteiger partial charge in [0.05, 0.1) is 26.9 Å². The van der Waals surface area contributed by atoms with Gasteiger partial charge in [-0.3, -0.25) is 4.57 Å². The van der Waals surface area contributed by atoms with Gasteiger partial charge in [0.25, 0.3) is 0 Å². The number of rotatable bonds is 4. The number of nitrogen functional groups attached to an aromatic ring is 1. The van der Waals surface area contributed by atoms with Crippen LogP contribution < -0.4 is 74.6 Å². The number of anilines is 1. The Morgan fingerprint density at radius 2 is 2.12 bits per heavy atom. The molecule has 2 aromatic rings. The number of fused-ring (bicyclic) bond motifs is 1. The van der Waals surface area contributed by atoms with Crippen LogP contribution in [0.3, 0.4) is 0 Å². The van der Waals surface area contributed by atoms with Crippen molar-refractivity contribution >= 4 is 24.8 Å². The number of nitrogens with zero attached hydrogens (tertiary/aromatic N) is 4.